The summed E-state index contributed by atoms with van der Waals surface area (Å²) < 4.78 is 0. The number of anilines is 1. The molecule has 88 valence electrons. The minimum Gasteiger partial charge on any atom is -0.363 e. The van der Waals surface area contributed by atoms with Crippen LogP contribution < -0.4 is 10.8 Å². The van der Waals surface area contributed by atoms with E-state index in [0.717, 1.165) is 11.4 Å². The predicted molar refractivity (Wildman–Crippen MR) is 66.7 cm³/mol. The van der Waals surface area contributed by atoms with Crippen molar-refractivity contribution in [3.8, 4) is 0 Å². The van der Waals surface area contributed by atoms with Gasteiger partial charge in [0, 0.05) is 16.8 Å². The number of nitrogens with two attached hydrogens (primary N) is 1. The Balaban J connectivity index is 2.33. The Hall–Kier alpha value is -0.770. The number of nitrogens with zero attached hydrogens (tertiary/aromatic N) is 1. The molecule has 0 amide bonds. The molecular formula is C12H17ClN2O. The number of benzene rings is 1. The Morgan fingerprint density at radius 3 is 2.94 bits per heavy atom. The van der Waals surface area contributed by atoms with E-state index in [-0.39, 0.29) is 0 Å². The number of rotatable bonds is 3. The Bertz CT molecular complexity index is 381. The highest BCUT2D eigenvalue weighted by atomic mass is 35.5. The standard InChI is InChI=1S/C12H17ClN2O/c1-8(2)15-11(7-16-14)6-9-5-10(13)3-4-12(9)15/h3-5,8,11H,6-7,14H2,1-2H3. The molecule has 0 aromatic heterocycles. The van der Waals surface area contributed by atoms with E-state index in [9.17, 15) is 0 Å². The molecule has 3 nitrogen and oxygen atoms in total. The van der Waals surface area contributed by atoms with Crippen LogP contribution in [0.5, 0.6) is 0 Å². The molecule has 1 aromatic rings. The number of hydrogen-bond acceptors (Lipinski definition) is 3. The van der Waals surface area contributed by atoms with Gasteiger partial charge in [0.25, 0.3) is 0 Å². The highest BCUT2D eigenvalue weighted by Crippen LogP contribution is 2.35. The van der Waals surface area contributed by atoms with Gasteiger partial charge in [0.05, 0.1) is 12.6 Å². The van der Waals surface area contributed by atoms with Crippen molar-refractivity contribution < 1.29 is 4.84 Å². The third kappa shape index (κ3) is 2.03. The average Bonchev–Trinajstić information content (AvgIpc) is 2.55. The zero-order valence-corrected chi connectivity index (χ0v) is 10.4. The van der Waals surface area contributed by atoms with Crippen molar-refractivity contribution >= 4 is 17.3 Å². The molecule has 0 spiro atoms. The van der Waals surface area contributed by atoms with Crippen molar-refractivity contribution in [1.82, 2.24) is 0 Å². The van der Waals surface area contributed by atoms with Crippen LogP contribution in [0.15, 0.2) is 18.2 Å². The van der Waals surface area contributed by atoms with Gasteiger partial charge in [-0.3, -0.25) is 0 Å². The molecule has 1 aromatic carbocycles. The highest BCUT2D eigenvalue weighted by molar-refractivity contribution is 6.30. The van der Waals surface area contributed by atoms with Gasteiger partial charge in [-0.15, -0.1) is 0 Å². The predicted octanol–water partition coefficient (Wildman–Crippen LogP) is 2.37. The lowest BCUT2D eigenvalue weighted by atomic mass is 10.1. The summed E-state index contributed by atoms with van der Waals surface area (Å²) in [4.78, 5) is 7.14. The minimum absolute atomic E-state index is 0.318. The molecule has 1 aliphatic heterocycles. The van der Waals surface area contributed by atoms with Crippen LogP contribution >= 0.6 is 11.6 Å². The van der Waals surface area contributed by atoms with E-state index in [4.69, 9.17) is 22.3 Å². The summed E-state index contributed by atoms with van der Waals surface area (Å²) in [6, 6.07) is 6.79. The van der Waals surface area contributed by atoms with Crippen molar-refractivity contribution in [1.29, 1.82) is 0 Å². The van der Waals surface area contributed by atoms with Gasteiger partial charge < -0.3 is 9.74 Å². The summed E-state index contributed by atoms with van der Waals surface area (Å²) in [6.07, 6.45) is 0.950. The summed E-state index contributed by atoms with van der Waals surface area (Å²) in [6.45, 7) is 4.89. The van der Waals surface area contributed by atoms with Crippen molar-refractivity contribution in [3.63, 3.8) is 0 Å². The van der Waals surface area contributed by atoms with Gasteiger partial charge in [-0.2, -0.15) is 0 Å². The van der Waals surface area contributed by atoms with Crippen LogP contribution in [0.25, 0.3) is 0 Å². The second-order valence-corrected chi connectivity index (χ2v) is 4.90. The van der Waals surface area contributed by atoms with E-state index >= 15 is 0 Å². The molecule has 0 aliphatic carbocycles. The minimum atomic E-state index is 0.318. The van der Waals surface area contributed by atoms with Gasteiger partial charge in [0.1, 0.15) is 0 Å². The summed E-state index contributed by atoms with van der Waals surface area (Å²) >= 11 is 6.00. The maximum absolute atomic E-state index is 6.00. The fraction of sp³-hybridized carbons (Fsp3) is 0.500. The lowest BCUT2D eigenvalue weighted by Gasteiger charge is -2.30. The molecule has 0 fully saturated rings. The summed E-state index contributed by atoms with van der Waals surface area (Å²) in [7, 11) is 0. The maximum Gasteiger partial charge on any atom is 0.0886 e. The number of fused-ring (bicyclic) bond motifs is 1. The summed E-state index contributed by atoms with van der Waals surface area (Å²) in [5.74, 6) is 5.18. The van der Waals surface area contributed by atoms with E-state index < -0.39 is 0 Å². The number of hydrogen-bond donors (Lipinski definition) is 1. The van der Waals surface area contributed by atoms with E-state index in [1.54, 1.807) is 0 Å². The quantitative estimate of drug-likeness (QED) is 0.825. The molecule has 1 atom stereocenters. The first-order chi connectivity index (χ1) is 7.63. The fourth-order valence-electron chi connectivity index (χ4n) is 2.47. The third-order valence-corrected chi connectivity index (χ3v) is 3.25. The first kappa shape index (κ1) is 11.7. The van der Waals surface area contributed by atoms with Gasteiger partial charge in [0.15, 0.2) is 0 Å². The monoisotopic (exact) mass is 240 g/mol. The van der Waals surface area contributed by atoms with Gasteiger partial charge in [0.2, 0.25) is 0 Å². The molecule has 0 radical (unpaired) electrons. The van der Waals surface area contributed by atoms with E-state index in [0.29, 0.717) is 18.7 Å². The van der Waals surface area contributed by atoms with Gasteiger partial charge in [-0.1, -0.05) is 11.6 Å². The normalized spacial score (nSPS) is 19.3. The van der Waals surface area contributed by atoms with Gasteiger partial charge >= 0.3 is 0 Å². The molecule has 4 heteroatoms. The molecule has 0 saturated heterocycles. The first-order valence-electron chi connectivity index (χ1n) is 5.52. The lowest BCUT2D eigenvalue weighted by molar-refractivity contribution is 0.122. The molecular weight excluding hydrogens is 224 g/mol. The SMILES string of the molecule is CC(C)N1c2ccc(Cl)cc2CC1CON. The van der Waals surface area contributed by atoms with E-state index in [1.807, 2.05) is 12.1 Å². The number of halogens is 1. The van der Waals surface area contributed by atoms with Crippen LogP contribution in [0, 0.1) is 0 Å². The summed E-state index contributed by atoms with van der Waals surface area (Å²) in [5.41, 5.74) is 2.53. The molecule has 0 saturated carbocycles. The van der Waals surface area contributed by atoms with E-state index in [2.05, 4.69) is 24.8 Å². The lowest BCUT2D eigenvalue weighted by Crippen LogP contribution is -2.41. The van der Waals surface area contributed by atoms with Gasteiger partial charge in [-0.05, 0) is 44.0 Å². The van der Waals surface area contributed by atoms with Crippen molar-refractivity contribution in [3.05, 3.63) is 28.8 Å². The Morgan fingerprint density at radius 2 is 2.31 bits per heavy atom. The Kier molecular flexibility index (Phi) is 3.38. The largest absolute Gasteiger partial charge is 0.363 e. The molecule has 1 heterocycles. The Labute approximate surface area is 101 Å². The van der Waals surface area contributed by atoms with Crippen molar-refractivity contribution in [2.45, 2.75) is 32.4 Å². The zero-order chi connectivity index (χ0) is 11.7. The topological polar surface area (TPSA) is 38.5 Å². The first-order valence-corrected chi connectivity index (χ1v) is 5.89. The smallest absolute Gasteiger partial charge is 0.0886 e. The van der Waals surface area contributed by atoms with Crippen LogP contribution in [0.2, 0.25) is 5.02 Å². The Morgan fingerprint density at radius 1 is 1.56 bits per heavy atom. The maximum atomic E-state index is 6.00. The molecule has 2 N–H and O–H groups in total. The summed E-state index contributed by atoms with van der Waals surface area (Å²) in [5, 5.41) is 0.789. The fourth-order valence-corrected chi connectivity index (χ4v) is 2.66. The third-order valence-electron chi connectivity index (χ3n) is 3.01. The van der Waals surface area contributed by atoms with Crippen LogP contribution in [0.4, 0.5) is 5.69 Å². The molecule has 2 rings (SSSR count). The van der Waals surface area contributed by atoms with E-state index in [1.165, 1.54) is 11.3 Å². The second-order valence-electron chi connectivity index (χ2n) is 4.47. The molecule has 1 aliphatic rings. The van der Waals surface area contributed by atoms with Crippen LogP contribution in [0.3, 0.4) is 0 Å². The average molecular weight is 241 g/mol. The molecule has 1 unspecified atom stereocenters. The highest BCUT2D eigenvalue weighted by Gasteiger charge is 2.30. The van der Waals surface area contributed by atoms with Crippen LogP contribution in [0.1, 0.15) is 19.4 Å². The van der Waals surface area contributed by atoms with Crippen LogP contribution in [-0.2, 0) is 11.3 Å². The molecule has 16 heavy (non-hydrogen) atoms. The van der Waals surface area contributed by atoms with Crippen LogP contribution in [-0.4, -0.2) is 18.7 Å². The zero-order valence-electron chi connectivity index (χ0n) is 9.61. The van der Waals surface area contributed by atoms with Crippen molar-refractivity contribution in [2.75, 3.05) is 11.5 Å². The molecule has 0 bridgehead atoms. The van der Waals surface area contributed by atoms with Crippen molar-refractivity contribution in [2.24, 2.45) is 5.90 Å². The second kappa shape index (κ2) is 4.62. The van der Waals surface area contributed by atoms with Gasteiger partial charge in [-0.25, -0.2) is 5.90 Å².